The molecule has 0 aliphatic rings. The first kappa shape index (κ1) is 11.6. The fourth-order valence-electron chi connectivity index (χ4n) is 1.49. The van der Waals surface area contributed by atoms with E-state index in [4.69, 9.17) is 4.74 Å². The number of tetrazole rings is 1. The predicted octanol–water partition coefficient (Wildman–Crippen LogP) is 2.15. The lowest BCUT2D eigenvalue weighted by atomic mass is 10.2. The molecule has 0 N–H and O–H groups in total. The molecule has 2 aromatic rings. The molecular formula is C12H16N4O. The quantitative estimate of drug-likeness (QED) is 0.810. The summed E-state index contributed by atoms with van der Waals surface area (Å²) in [4.78, 5) is 0. The molecule has 0 aliphatic heterocycles. The molecule has 0 saturated heterocycles. The van der Waals surface area contributed by atoms with Crippen LogP contribution >= 0.6 is 0 Å². The van der Waals surface area contributed by atoms with Gasteiger partial charge in [0.1, 0.15) is 11.4 Å². The van der Waals surface area contributed by atoms with Gasteiger partial charge in [-0.1, -0.05) is 19.1 Å². The fourth-order valence-corrected chi connectivity index (χ4v) is 1.49. The zero-order valence-electron chi connectivity index (χ0n) is 10.3. The molecule has 0 fully saturated rings. The molecule has 0 saturated carbocycles. The van der Waals surface area contributed by atoms with Crippen LogP contribution in [-0.4, -0.2) is 26.3 Å². The van der Waals surface area contributed by atoms with Crippen LogP contribution in [0, 0.1) is 6.92 Å². The van der Waals surface area contributed by atoms with Gasteiger partial charge >= 0.3 is 0 Å². The lowest BCUT2D eigenvalue weighted by molar-refractivity contribution is 0.216. The summed E-state index contributed by atoms with van der Waals surface area (Å²) in [5.41, 5.74) is 0.871. The van der Waals surface area contributed by atoms with Crippen LogP contribution in [0.3, 0.4) is 0 Å². The summed E-state index contributed by atoms with van der Waals surface area (Å²) in [5, 5.41) is 11.5. The van der Waals surface area contributed by atoms with Gasteiger partial charge in [-0.25, -0.2) is 0 Å². The molecule has 5 nitrogen and oxygen atoms in total. The number of rotatable bonds is 4. The Bertz CT molecular complexity index is 495. The van der Waals surface area contributed by atoms with Crippen molar-refractivity contribution in [3.05, 3.63) is 30.1 Å². The summed E-state index contributed by atoms with van der Waals surface area (Å²) in [6.45, 7) is 6.00. The van der Waals surface area contributed by atoms with Gasteiger partial charge in [0, 0.05) is 0 Å². The maximum Gasteiger partial charge on any atom is 0.153 e. The third-order valence-electron chi connectivity index (χ3n) is 2.62. The molecule has 0 aliphatic carbocycles. The van der Waals surface area contributed by atoms with Crippen LogP contribution in [0.1, 0.15) is 26.1 Å². The first-order valence-electron chi connectivity index (χ1n) is 5.73. The Hall–Kier alpha value is -1.91. The number of ether oxygens (including phenoxy) is 1. The standard InChI is InChI=1S/C12H16N4O/c1-4-9(2)17-12-8-6-5-7-11(12)16-10(3)13-14-15-16/h5-9H,4H2,1-3H3. The predicted molar refractivity (Wildman–Crippen MR) is 64.3 cm³/mol. The average Bonchev–Trinajstić information content (AvgIpc) is 2.76. The van der Waals surface area contributed by atoms with E-state index in [0.717, 1.165) is 23.7 Å². The van der Waals surface area contributed by atoms with E-state index in [1.54, 1.807) is 4.68 Å². The summed E-state index contributed by atoms with van der Waals surface area (Å²) in [5.74, 6) is 1.54. The van der Waals surface area contributed by atoms with Crippen LogP contribution in [0.4, 0.5) is 0 Å². The number of hydrogen-bond donors (Lipinski definition) is 0. The molecule has 1 unspecified atom stereocenters. The van der Waals surface area contributed by atoms with Gasteiger partial charge < -0.3 is 4.74 Å². The maximum absolute atomic E-state index is 5.86. The highest BCUT2D eigenvalue weighted by Crippen LogP contribution is 2.23. The second-order valence-corrected chi connectivity index (χ2v) is 3.94. The van der Waals surface area contributed by atoms with Crippen LogP contribution in [0.15, 0.2) is 24.3 Å². The van der Waals surface area contributed by atoms with Crippen molar-refractivity contribution in [2.45, 2.75) is 33.3 Å². The third-order valence-corrected chi connectivity index (χ3v) is 2.62. The molecule has 1 heterocycles. The van der Waals surface area contributed by atoms with Crippen molar-refractivity contribution in [3.8, 4) is 11.4 Å². The number of aromatic nitrogens is 4. The van der Waals surface area contributed by atoms with E-state index in [0.29, 0.717) is 0 Å². The van der Waals surface area contributed by atoms with Gasteiger partial charge in [-0.05, 0) is 42.8 Å². The van der Waals surface area contributed by atoms with Crippen molar-refractivity contribution >= 4 is 0 Å². The molecule has 5 heteroatoms. The molecule has 1 aromatic heterocycles. The van der Waals surface area contributed by atoms with E-state index in [1.807, 2.05) is 38.1 Å². The second kappa shape index (κ2) is 4.95. The van der Waals surface area contributed by atoms with Gasteiger partial charge in [-0.15, -0.1) is 5.10 Å². The van der Waals surface area contributed by atoms with Gasteiger partial charge in [0.25, 0.3) is 0 Å². The summed E-state index contributed by atoms with van der Waals surface area (Å²) in [7, 11) is 0. The van der Waals surface area contributed by atoms with E-state index in [-0.39, 0.29) is 6.10 Å². The molecule has 1 atom stereocenters. The molecular weight excluding hydrogens is 216 g/mol. The van der Waals surface area contributed by atoms with Crippen LogP contribution < -0.4 is 4.74 Å². The molecule has 1 aromatic carbocycles. The smallest absolute Gasteiger partial charge is 0.153 e. The Morgan fingerprint density at radius 1 is 1.35 bits per heavy atom. The lowest BCUT2D eigenvalue weighted by Gasteiger charge is -2.15. The number of aryl methyl sites for hydroxylation is 1. The van der Waals surface area contributed by atoms with E-state index < -0.39 is 0 Å². The Morgan fingerprint density at radius 3 is 2.76 bits per heavy atom. The van der Waals surface area contributed by atoms with Gasteiger partial charge in [-0.2, -0.15) is 4.68 Å². The van der Waals surface area contributed by atoms with Gasteiger partial charge in [0.15, 0.2) is 5.82 Å². The highest BCUT2D eigenvalue weighted by molar-refractivity contribution is 5.46. The minimum absolute atomic E-state index is 0.174. The van der Waals surface area contributed by atoms with Crippen LogP contribution in [0.5, 0.6) is 5.75 Å². The van der Waals surface area contributed by atoms with Crippen molar-refractivity contribution in [1.82, 2.24) is 20.2 Å². The van der Waals surface area contributed by atoms with Crippen molar-refractivity contribution in [3.63, 3.8) is 0 Å². The van der Waals surface area contributed by atoms with Crippen LogP contribution in [0.2, 0.25) is 0 Å². The van der Waals surface area contributed by atoms with Crippen molar-refractivity contribution in [2.24, 2.45) is 0 Å². The summed E-state index contributed by atoms with van der Waals surface area (Å²) < 4.78 is 7.54. The molecule has 17 heavy (non-hydrogen) atoms. The molecule has 2 rings (SSSR count). The number of nitrogens with zero attached hydrogens (tertiary/aromatic N) is 4. The van der Waals surface area contributed by atoms with Gasteiger partial charge in [0.2, 0.25) is 0 Å². The van der Waals surface area contributed by atoms with Gasteiger partial charge in [-0.3, -0.25) is 0 Å². The Kier molecular flexibility index (Phi) is 3.37. The Labute approximate surface area is 100 Å². The van der Waals surface area contributed by atoms with E-state index >= 15 is 0 Å². The average molecular weight is 232 g/mol. The summed E-state index contributed by atoms with van der Waals surface area (Å²) in [6, 6.07) is 7.77. The van der Waals surface area contributed by atoms with E-state index in [1.165, 1.54) is 0 Å². The van der Waals surface area contributed by atoms with Crippen LogP contribution in [-0.2, 0) is 0 Å². The number of benzene rings is 1. The Balaban J connectivity index is 2.38. The van der Waals surface area contributed by atoms with Crippen molar-refractivity contribution in [2.75, 3.05) is 0 Å². The van der Waals surface area contributed by atoms with Crippen molar-refractivity contribution in [1.29, 1.82) is 0 Å². The van der Waals surface area contributed by atoms with Crippen LogP contribution in [0.25, 0.3) is 5.69 Å². The van der Waals surface area contributed by atoms with Crippen molar-refractivity contribution < 1.29 is 4.74 Å². The fraction of sp³-hybridized carbons (Fsp3) is 0.417. The monoisotopic (exact) mass is 232 g/mol. The zero-order chi connectivity index (χ0) is 12.3. The molecule has 0 spiro atoms. The largest absolute Gasteiger partial charge is 0.488 e. The van der Waals surface area contributed by atoms with E-state index in [2.05, 4.69) is 22.4 Å². The molecule has 0 radical (unpaired) electrons. The topological polar surface area (TPSA) is 52.8 Å². The number of para-hydroxylation sites is 2. The Morgan fingerprint density at radius 2 is 2.12 bits per heavy atom. The first-order valence-corrected chi connectivity index (χ1v) is 5.73. The van der Waals surface area contributed by atoms with E-state index in [9.17, 15) is 0 Å². The lowest BCUT2D eigenvalue weighted by Crippen LogP contribution is -2.12. The first-order chi connectivity index (χ1) is 8.22. The SMILES string of the molecule is CCC(C)Oc1ccccc1-n1nnnc1C. The highest BCUT2D eigenvalue weighted by Gasteiger charge is 2.11. The molecule has 90 valence electrons. The summed E-state index contributed by atoms with van der Waals surface area (Å²) in [6.07, 6.45) is 1.14. The zero-order valence-corrected chi connectivity index (χ0v) is 10.3. The minimum atomic E-state index is 0.174. The normalized spacial score (nSPS) is 12.4. The maximum atomic E-state index is 5.86. The second-order valence-electron chi connectivity index (χ2n) is 3.94. The highest BCUT2D eigenvalue weighted by atomic mass is 16.5. The number of hydrogen-bond acceptors (Lipinski definition) is 4. The molecule has 0 bridgehead atoms. The van der Waals surface area contributed by atoms with Gasteiger partial charge in [0.05, 0.1) is 6.10 Å². The molecule has 0 amide bonds. The third kappa shape index (κ3) is 2.43. The minimum Gasteiger partial charge on any atom is -0.488 e. The summed E-state index contributed by atoms with van der Waals surface area (Å²) >= 11 is 0.